The Morgan fingerprint density at radius 3 is 3.12 bits per heavy atom. The summed E-state index contributed by atoms with van der Waals surface area (Å²) in [7, 11) is 0. The fourth-order valence-electron chi connectivity index (χ4n) is 2.39. The van der Waals surface area contributed by atoms with Crippen LogP contribution < -0.4 is 10.6 Å². The fourth-order valence-corrected chi connectivity index (χ4v) is 2.39. The third kappa shape index (κ3) is 1.87. The van der Waals surface area contributed by atoms with Gasteiger partial charge in [-0.1, -0.05) is 6.07 Å². The molecule has 1 heterocycles. The molecule has 1 aromatic rings. The van der Waals surface area contributed by atoms with Crippen LogP contribution in [-0.2, 0) is 0 Å². The van der Waals surface area contributed by atoms with Gasteiger partial charge in [-0.15, -0.1) is 0 Å². The van der Waals surface area contributed by atoms with Crippen molar-refractivity contribution in [3.05, 3.63) is 30.1 Å². The molecular formula is C12H14FN3. The molecular weight excluding hydrogens is 205 g/mol. The van der Waals surface area contributed by atoms with E-state index in [0.29, 0.717) is 12.1 Å². The predicted molar refractivity (Wildman–Crippen MR) is 62.0 cm³/mol. The topological polar surface area (TPSA) is 36.4 Å². The number of nitrogens with one attached hydrogen (secondary N) is 2. The molecule has 1 aromatic carbocycles. The predicted octanol–water partition coefficient (Wildman–Crippen LogP) is 2.12. The number of fused-ring (bicyclic) bond motifs is 2. The summed E-state index contributed by atoms with van der Waals surface area (Å²) >= 11 is 0. The number of hydrogen-bond donors (Lipinski definition) is 2. The van der Waals surface area contributed by atoms with Crippen LogP contribution in [0, 0.1) is 5.82 Å². The molecule has 16 heavy (non-hydrogen) atoms. The van der Waals surface area contributed by atoms with Gasteiger partial charge in [-0.25, -0.2) is 9.38 Å². The van der Waals surface area contributed by atoms with Crippen LogP contribution in [0.2, 0.25) is 0 Å². The van der Waals surface area contributed by atoms with Crippen molar-refractivity contribution in [1.82, 2.24) is 5.32 Å². The van der Waals surface area contributed by atoms with Gasteiger partial charge in [-0.3, -0.25) is 0 Å². The van der Waals surface area contributed by atoms with Gasteiger partial charge in [0.2, 0.25) is 0 Å². The second kappa shape index (κ2) is 3.77. The maximum Gasteiger partial charge on any atom is 0.196 e. The third-order valence-corrected chi connectivity index (χ3v) is 3.14. The van der Waals surface area contributed by atoms with Gasteiger partial charge in [-0.05, 0) is 37.5 Å². The van der Waals surface area contributed by atoms with Crippen LogP contribution >= 0.6 is 0 Å². The van der Waals surface area contributed by atoms with Crippen LogP contribution in [0.5, 0.6) is 0 Å². The zero-order valence-corrected chi connectivity index (χ0v) is 8.91. The second-order valence-corrected chi connectivity index (χ2v) is 4.42. The lowest BCUT2D eigenvalue weighted by Crippen LogP contribution is -2.41. The molecule has 3 nitrogen and oxygen atoms in total. The van der Waals surface area contributed by atoms with Crippen molar-refractivity contribution in [2.75, 3.05) is 5.32 Å². The minimum atomic E-state index is -0.232. The van der Waals surface area contributed by atoms with Crippen molar-refractivity contribution in [2.24, 2.45) is 4.99 Å². The number of halogens is 1. The first-order valence-electron chi connectivity index (χ1n) is 5.66. The molecule has 1 aliphatic heterocycles. The van der Waals surface area contributed by atoms with Crippen LogP contribution in [0.4, 0.5) is 10.1 Å². The van der Waals surface area contributed by atoms with E-state index in [1.54, 1.807) is 6.07 Å². The molecule has 0 radical (unpaired) electrons. The summed E-state index contributed by atoms with van der Waals surface area (Å²) in [5.41, 5.74) is 0.743. The number of guanidine groups is 1. The van der Waals surface area contributed by atoms with Crippen molar-refractivity contribution in [1.29, 1.82) is 0 Å². The Hall–Kier alpha value is -1.58. The SMILES string of the molecule is Fc1cccc(NC2=NC3CCC(C3)N2)c1. The molecule has 0 aromatic heterocycles. The van der Waals surface area contributed by atoms with E-state index in [0.717, 1.165) is 24.5 Å². The average molecular weight is 219 g/mol. The van der Waals surface area contributed by atoms with E-state index in [1.165, 1.54) is 18.6 Å². The summed E-state index contributed by atoms with van der Waals surface area (Å²) in [6.45, 7) is 0. The summed E-state index contributed by atoms with van der Waals surface area (Å²) in [5, 5.41) is 6.45. The van der Waals surface area contributed by atoms with Gasteiger partial charge < -0.3 is 10.6 Å². The first-order valence-corrected chi connectivity index (χ1v) is 5.66. The van der Waals surface area contributed by atoms with Crippen molar-refractivity contribution in [3.8, 4) is 0 Å². The Kier molecular flexibility index (Phi) is 2.27. The van der Waals surface area contributed by atoms with Gasteiger partial charge in [-0.2, -0.15) is 0 Å². The highest BCUT2D eigenvalue weighted by Crippen LogP contribution is 2.25. The van der Waals surface area contributed by atoms with Crippen LogP contribution in [0.15, 0.2) is 29.3 Å². The van der Waals surface area contributed by atoms with Crippen molar-refractivity contribution in [3.63, 3.8) is 0 Å². The molecule has 0 saturated heterocycles. The van der Waals surface area contributed by atoms with Crippen molar-refractivity contribution < 1.29 is 4.39 Å². The number of hydrogen-bond acceptors (Lipinski definition) is 3. The molecule has 0 amide bonds. The molecule has 0 spiro atoms. The highest BCUT2D eigenvalue weighted by Gasteiger charge is 2.29. The van der Waals surface area contributed by atoms with Gasteiger partial charge >= 0.3 is 0 Å². The van der Waals surface area contributed by atoms with E-state index >= 15 is 0 Å². The highest BCUT2D eigenvalue weighted by atomic mass is 19.1. The van der Waals surface area contributed by atoms with Gasteiger partial charge in [0.1, 0.15) is 5.82 Å². The summed E-state index contributed by atoms with van der Waals surface area (Å²) < 4.78 is 13.0. The number of nitrogens with zero attached hydrogens (tertiary/aromatic N) is 1. The Labute approximate surface area is 93.8 Å². The quantitative estimate of drug-likeness (QED) is 0.759. The van der Waals surface area contributed by atoms with E-state index in [9.17, 15) is 4.39 Å². The minimum Gasteiger partial charge on any atom is -0.353 e. The molecule has 1 aliphatic carbocycles. The summed E-state index contributed by atoms with van der Waals surface area (Å²) in [6, 6.07) is 7.42. The fraction of sp³-hybridized carbons (Fsp3) is 0.417. The number of anilines is 1. The zero-order valence-electron chi connectivity index (χ0n) is 8.91. The monoisotopic (exact) mass is 219 g/mol. The summed E-state index contributed by atoms with van der Waals surface area (Å²) in [6.07, 6.45) is 3.48. The number of rotatable bonds is 1. The molecule has 3 rings (SSSR count). The molecule has 2 bridgehead atoms. The van der Waals surface area contributed by atoms with Crippen molar-refractivity contribution in [2.45, 2.75) is 31.3 Å². The van der Waals surface area contributed by atoms with E-state index in [4.69, 9.17) is 0 Å². The van der Waals surface area contributed by atoms with Gasteiger partial charge in [0.05, 0.1) is 6.04 Å². The van der Waals surface area contributed by atoms with Gasteiger partial charge in [0, 0.05) is 11.7 Å². The van der Waals surface area contributed by atoms with Crippen LogP contribution in [0.25, 0.3) is 0 Å². The molecule has 4 heteroatoms. The zero-order chi connectivity index (χ0) is 11.0. The summed E-state index contributed by atoms with van der Waals surface area (Å²) in [5.74, 6) is 0.550. The average Bonchev–Trinajstić information content (AvgIpc) is 2.58. The smallest absolute Gasteiger partial charge is 0.196 e. The first-order chi connectivity index (χ1) is 7.79. The Bertz CT molecular complexity index is 430. The largest absolute Gasteiger partial charge is 0.353 e. The molecule has 1 saturated carbocycles. The lowest BCUT2D eigenvalue weighted by Gasteiger charge is -2.22. The Morgan fingerprint density at radius 1 is 1.38 bits per heavy atom. The molecule has 2 unspecified atom stereocenters. The Morgan fingerprint density at radius 2 is 2.31 bits per heavy atom. The maximum atomic E-state index is 13.0. The van der Waals surface area contributed by atoms with Crippen LogP contribution in [-0.4, -0.2) is 18.0 Å². The van der Waals surface area contributed by atoms with Gasteiger partial charge in [0.15, 0.2) is 5.96 Å². The lowest BCUT2D eigenvalue weighted by molar-refractivity contribution is 0.582. The number of benzene rings is 1. The Balaban J connectivity index is 1.75. The van der Waals surface area contributed by atoms with E-state index < -0.39 is 0 Å². The molecule has 84 valence electrons. The van der Waals surface area contributed by atoms with Gasteiger partial charge in [0.25, 0.3) is 0 Å². The number of aliphatic imine (C=N–C) groups is 1. The minimum absolute atomic E-state index is 0.232. The first kappa shape index (κ1) is 9.63. The second-order valence-electron chi connectivity index (χ2n) is 4.42. The van der Waals surface area contributed by atoms with Crippen molar-refractivity contribution >= 4 is 11.6 Å². The van der Waals surface area contributed by atoms with E-state index in [-0.39, 0.29) is 5.82 Å². The molecule has 2 N–H and O–H groups in total. The van der Waals surface area contributed by atoms with Crippen LogP contribution in [0.1, 0.15) is 19.3 Å². The van der Waals surface area contributed by atoms with E-state index in [1.807, 2.05) is 6.07 Å². The lowest BCUT2D eigenvalue weighted by atomic mass is 10.2. The summed E-state index contributed by atoms with van der Waals surface area (Å²) in [4.78, 5) is 4.54. The molecule has 1 fully saturated rings. The normalized spacial score (nSPS) is 27.2. The standard InChI is InChI=1S/C12H14FN3/c13-8-2-1-3-9(6-8)14-12-15-10-4-5-11(7-10)16-12/h1-3,6,10-11H,4-5,7H2,(H2,14,15,16). The maximum absolute atomic E-state index is 13.0. The molecule has 2 aliphatic rings. The highest BCUT2D eigenvalue weighted by molar-refractivity contribution is 5.94. The molecule has 2 atom stereocenters. The van der Waals surface area contributed by atoms with E-state index in [2.05, 4.69) is 15.6 Å². The van der Waals surface area contributed by atoms with Crippen LogP contribution in [0.3, 0.4) is 0 Å². The third-order valence-electron chi connectivity index (χ3n) is 3.14.